The Morgan fingerprint density at radius 1 is 0.284 bits per heavy atom. The van der Waals surface area contributed by atoms with Crippen LogP contribution >= 0.6 is 15.6 Å². The van der Waals surface area contributed by atoms with Gasteiger partial charge < -0.3 is 33.8 Å². The van der Waals surface area contributed by atoms with Gasteiger partial charge in [-0.15, -0.1) is 0 Å². The van der Waals surface area contributed by atoms with Gasteiger partial charge in [0.25, 0.3) is 0 Å². The van der Waals surface area contributed by atoms with Crippen LogP contribution in [0.3, 0.4) is 0 Å². The molecule has 0 aliphatic carbocycles. The Kier molecular flexibility index (Phi) is 65.2. The van der Waals surface area contributed by atoms with Crippen LogP contribution < -0.4 is 0 Å². The fourth-order valence-electron chi connectivity index (χ4n) is 11.6. The second-order valence-corrected chi connectivity index (χ2v) is 31.7. The van der Waals surface area contributed by atoms with Gasteiger partial charge >= 0.3 is 39.5 Å². The Morgan fingerprint density at radius 3 is 0.716 bits per heavy atom. The molecule has 0 radical (unpaired) electrons. The van der Waals surface area contributed by atoms with Crippen molar-refractivity contribution in [2.75, 3.05) is 39.6 Å². The van der Waals surface area contributed by atoms with E-state index in [4.69, 9.17) is 37.0 Å². The average molecular weight is 1400 g/mol. The summed E-state index contributed by atoms with van der Waals surface area (Å²) in [6.45, 7) is 11.8. The van der Waals surface area contributed by atoms with Crippen LogP contribution in [0.4, 0.5) is 0 Å². The lowest BCUT2D eigenvalue weighted by molar-refractivity contribution is -0.161. The van der Waals surface area contributed by atoms with Gasteiger partial charge in [0.15, 0.2) is 12.2 Å². The number of aliphatic hydroxyl groups is 1. The third kappa shape index (κ3) is 70.3. The number of phosphoric acid groups is 2. The molecule has 564 valence electrons. The normalized spacial score (nSPS) is 14.1. The van der Waals surface area contributed by atoms with Gasteiger partial charge in [0.1, 0.15) is 19.3 Å². The first-order chi connectivity index (χ1) is 45.7. The fourth-order valence-corrected chi connectivity index (χ4v) is 13.2. The van der Waals surface area contributed by atoms with Crippen LogP contribution in [0.2, 0.25) is 0 Å². The van der Waals surface area contributed by atoms with E-state index in [2.05, 4.69) is 48.5 Å². The zero-order chi connectivity index (χ0) is 70.1. The molecule has 0 aliphatic rings. The van der Waals surface area contributed by atoms with E-state index in [0.717, 1.165) is 108 Å². The lowest BCUT2D eigenvalue weighted by Crippen LogP contribution is -2.30. The zero-order valence-corrected chi connectivity index (χ0v) is 63.9. The highest BCUT2D eigenvalue weighted by molar-refractivity contribution is 7.47. The van der Waals surface area contributed by atoms with Gasteiger partial charge in [-0.25, -0.2) is 9.13 Å². The number of phosphoric ester groups is 2. The maximum atomic E-state index is 13.1. The molecule has 0 fully saturated rings. The van der Waals surface area contributed by atoms with Gasteiger partial charge in [-0.2, -0.15) is 0 Å². The summed E-state index contributed by atoms with van der Waals surface area (Å²) in [6, 6.07) is 0. The summed E-state index contributed by atoms with van der Waals surface area (Å²) >= 11 is 0. The lowest BCUT2D eigenvalue weighted by Gasteiger charge is -2.21. The number of hydrogen-bond acceptors (Lipinski definition) is 15. The molecule has 2 unspecified atom stereocenters. The average Bonchev–Trinajstić information content (AvgIpc) is 1.42. The number of esters is 4. The Hall–Kier alpha value is -1.94. The van der Waals surface area contributed by atoms with Crippen LogP contribution in [-0.2, 0) is 65.4 Å². The van der Waals surface area contributed by atoms with E-state index in [1.165, 1.54) is 193 Å². The lowest BCUT2D eigenvalue weighted by atomic mass is 10.0. The Bertz CT molecular complexity index is 1850. The maximum Gasteiger partial charge on any atom is 0.472 e. The minimum absolute atomic E-state index is 0.104. The van der Waals surface area contributed by atoms with Crippen molar-refractivity contribution in [2.24, 2.45) is 17.8 Å². The summed E-state index contributed by atoms with van der Waals surface area (Å²) in [4.78, 5) is 72.7. The number of ether oxygens (including phenoxy) is 4. The summed E-state index contributed by atoms with van der Waals surface area (Å²) in [6.07, 6.45) is 53.0. The quantitative estimate of drug-likeness (QED) is 0.0222. The summed E-state index contributed by atoms with van der Waals surface area (Å²) < 4.78 is 68.5. The molecule has 17 nitrogen and oxygen atoms in total. The van der Waals surface area contributed by atoms with Crippen molar-refractivity contribution in [3.63, 3.8) is 0 Å². The fraction of sp³-hybridized carbons (Fsp3) is 0.947. The van der Waals surface area contributed by atoms with Gasteiger partial charge in [0, 0.05) is 25.7 Å². The minimum atomic E-state index is -4.96. The van der Waals surface area contributed by atoms with Gasteiger partial charge in [-0.1, -0.05) is 337 Å². The van der Waals surface area contributed by atoms with E-state index in [1.807, 2.05) is 0 Å². The van der Waals surface area contributed by atoms with Crippen LogP contribution in [-0.4, -0.2) is 96.7 Å². The van der Waals surface area contributed by atoms with E-state index in [0.29, 0.717) is 31.6 Å². The molecule has 0 aromatic heterocycles. The molecular formula is C76H148O17P2. The Balaban J connectivity index is 5.21. The van der Waals surface area contributed by atoms with E-state index in [-0.39, 0.29) is 25.7 Å². The van der Waals surface area contributed by atoms with E-state index in [9.17, 15) is 43.2 Å². The van der Waals surface area contributed by atoms with Crippen molar-refractivity contribution in [3.05, 3.63) is 0 Å². The second-order valence-electron chi connectivity index (χ2n) is 28.8. The molecule has 0 rings (SSSR count). The number of rotatable bonds is 74. The van der Waals surface area contributed by atoms with Crippen LogP contribution in [0.15, 0.2) is 0 Å². The van der Waals surface area contributed by atoms with E-state index < -0.39 is 97.5 Å². The van der Waals surface area contributed by atoms with Crippen molar-refractivity contribution >= 4 is 39.5 Å². The van der Waals surface area contributed by atoms with Gasteiger partial charge in [-0.05, 0) is 43.4 Å². The van der Waals surface area contributed by atoms with Crippen molar-refractivity contribution < 1.29 is 80.2 Å². The third-order valence-electron chi connectivity index (χ3n) is 17.6. The molecule has 0 aromatic carbocycles. The van der Waals surface area contributed by atoms with E-state index in [1.54, 1.807) is 0 Å². The first-order valence-corrected chi connectivity index (χ1v) is 42.3. The molecular weight excluding hydrogens is 1250 g/mol. The molecule has 0 saturated heterocycles. The maximum absolute atomic E-state index is 13.1. The standard InChI is InChI=1S/C76H148O17P2/c1-8-9-10-11-12-13-14-15-16-17-18-19-20-21-22-25-31-36-45-52-59-75(80)92-71(63-86-73(78)57-50-43-35-30-26-23-24-28-33-40-47-54-67(2)3)65-90-94(82,83)88-61-70(77)62-89-95(84,85)91-66-72(64-87-74(79)58-51-44-39-38-42-49-56-69(6)7)93-76(81)60-53-46-37-32-27-29-34-41-48-55-68(4)5/h67-72,77H,8-66H2,1-7H3,(H,82,83)(H,84,85)/t70-,71-,72-/m1/s1. The van der Waals surface area contributed by atoms with Gasteiger partial charge in [0.05, 0.1) is 26.4 Å². The summed E-state index contributed by atoms with van der Waals surface area (Å²) in [5.41, 5.74) is 0. The monoisotopic (exact) mass is 1400 g/mol. The molecule has 0 aliphatic heterocycles. The van der Waals surface area contributed by atoms with Crippen molar-refractivity contribution in [1.29, 1.82) is 0 Å². The predicted molar refractivity (Wildman–Crippen MR) is 386 cm³/mol. The smallest absolute Gasteiger partial charge is 0.462 e. The molecule has 0 aromatic rings. The number of carbonyl (C=O) groups is 4. The molecule has 19 heteroatoms. The zero-order valence-electron chi connectivity index (χ0n) is 62.1. The Labute approximate surface area is 581 Å². The summed E-state index contributed by atoms with van der Waals surface area (Å²) in [7, 11) is -9.91. The molecule has 3 N–H and O–H groups in total. The van der Waals surface area contributed by atoms with Crippen LogP contribution in [0.5, 0.6) is 0 Å². The summed E-state index contributed by atoms with van der Waals surface area (Å²) in [5, 5.41) is 10.6. The number of unbranched alkanes of at least 4 members (excludes halogenated alkanes) is 42. The Morgan fingerprint density at radius 2 is 0.484 bits per heavy atom. The third-order valence-corrected chi connectivity index (χ3v) is 19.5. The van der Waals surface area contributed by atoms with Crippen LogP contribution in [0.25, 0.3) is 0 Å². The summed E-state index contributed by atoms with van der Waals surface area (Å²) in [5.74, 6) is 0.0653. The molecule has 0 saturated carbocycles. The molecule has 0 amide bonds. The molecule has 0 heterocycles. The number of hydrogen-bond donors (Lipinski definition) is 3. The van der Waals surface area contributed by atoms with Crippen molar-refractivity contribution in [2.45, 2.75) is 407 Å². The molecule has 95 heavy (non-hydrogen) atoms. The van der Waals surface area contributed by atoms with Gasteiger partial charge in [-0.3, -0.25) is 37.3 Å². The molecule has 0 spiro atoms. The highest BCUT2D eigenvalue weighted by Crippen LogP contribution is 2.45. The molecule has 0 bridgehead atoms. The van der Waals surface area contributed by atoms with Crippen LogP contribution in [0.1, 0.15) is 389 Å². The topological polar surface area (TPSA) is 237 Å². The second kappa shape index (κ2) is 66.6. The number of aliphatic hydroxyl groups excluding tert-OH is 1. The first kappa shape index (κ1) is 93.1. The van der Waals surface area contributed by atoms with E-state index >= 15 is 0 Å². The highest BCUT2D eigenvalue weighted by Gasteiger charge is 2.30. The minimum Gasteiger partial charge on any atom is -0.462 e. The first-order valence-electron chi connectivity index (χ1n) is 39.3. The SMILES string of the molecule is CCCCCCCCCCCCCCCCCCCCCCC(=O)O[C@H](COC(=O)CCCCCCCCCCCCCC(C)C)COP(=O)(O)OC[C@@H](O)COP(=O)(O)OC[C@@H](COC(=O)CCCCCCCCC(C)C)OC(=O)CCCCCCCCCCCC(C)C. The molecule has 5 atom stereocenters. The van der Waals surface area contributed by atoms with Crippen LogP contribution in [0, 0.1) is 17.8 Å². The highest BCUT2D eigenvalue weighted by atomic mass is 31.2. The van der Waals surface area contributed by atoms with Gasteiger partial charge in [0.2, 0.25) is 0 Å². The largest absolute Gasteiger partial charge is 0.472 e. The number of carbonyl (C=O) groups excluding carboxylic acids is 4. The van der Waals surface area contributed by atoms with Crippen molar-refractivity contribution in [1.82, 2.24) is 0 Å². The predicted octanol–water partition coefficient (Wildman–Crippen LogP) is 22.2. The van der Waals surface area contributed by atoms with Crippen molar-refractivity contribution in [3.8, 4) is 0 Å².